The number of morpholine rings is 1. The number of aromatic amines is 1. The summed E-state index contributed by atoms with van der Waals surface area (Å²) in [5.74, 6) is 0.677. The summed E-state index contributed by atoms with van der Waals surface area (Å²) in [6.45, 7) is 8.49. The Balaban J connectivity index is 1.52. The summed E-state index contributed by atoms with van der Waals surface area (Å²) in [4.78, 5) is 23.9. The summed E-state index contributed by atoms with van der Waals surface area (Å²) in [5, 5.41) is 8.06. The molecule has 8 nitrogen and oxygen atoms in total. The van der Waals surface area contributed by atoms with Crippen LogP contribution in [0.4, 0.5) is 0 Å². The molecular formula is C23H36N6O2. The van der Waals surface area contributed by atoms with Crippen molar-refractivity contribution in [2.45, 2.75) is 19.8 Å². The van der Waals surface area contributed by atoms with Crippen molar-refractivity contribution in [2.24, 2.45) is 4.99 Å². The van der Waals surface area contributed by atoms with Gasteiger partial charge in [0.1, 0.15) is 6.54 Å². The highest BCUT2D eigenvalue weighted by molar-refractivity contribution is 5.86. The van der Waals surface area contributed by atoms with Crippen LogP contribution < -0.4 is 10.6 Å². The number of nitrogens with zero attached hydrogens (tertiary/aromatic N) is 3. The first-order chi connectivity index (χ1) is 15.0. The van der Waals surface area contributed by atoms with E-state index in [2.05, 4.69) is 50.6 Å². The minimum atomic E-state index is -0.0121. The van der Waals surface area contributed by atoms with Gasteiger partial charge in [-0.05, 0) is 37.9 Å². The summed E-state index contributed by atoms with van der Waals surface area (Å²) < 4.78 is 5.40. The van der Waals surface area contributed by atoms with Gasteiger partial charge in [-0.25, -0.2) is 4.99 Å². The molecule has 0 saturated carbocycles. The first-order valence-corrected chi connectivity index (χ1v) is 11.1. The molecule has 8 heteroatoms. The molecule has 0 bridgehead atoms. The zero-order valence-electron chi connectivity index (χ0n) is 19.0. The second-order valence-corrected chi connectivity index (χ2v) is 8.14. The molecule has 2 aromatic rings. The number of carbonyl (C=O) groups is 1. The van der Waals surface area contributed by atoms with Gasteiger partial charge in [0, 0.05) is 56.9 Å². The number of nitrogens with one attached hydrogen (secondary N) is 3. The maximum atomic E-state index is 12.0. The molecule has 3 rings (SSSR count). The van der Waals surface area contributed by atoms with E-state index in [0.717, 1.165) is 58.8 Å². The monoisotopic (exact) mass is 428 g/mol. The minimum absolute atomic E-state index is 0.0121. The number of para-hydroxylation sites is 1. The Morgan fingerprint density at radius 1 is 1.19 bits per heavy atom. The number of carbonyl (C=O) groups excluding carboxylic acids is 1. The van der Waals surface area contributed by atoms with E-state index in [1.54, 1.807) is 19.0 Å². The Bertz CT molecular complexity index is 870. The Labute approximate surface area is 185 Å². The Kier molecular flexibility index (Phi) is 8.73. The molecule has 0 atom stereocenters. The summed E-state index contributed by atoms with van der Waals surface area (Å²) in [5.41, 5.74) is 3.68. The van der Waals surface area contributed by atoms with E-state index in [0.29, 0.717) is 5.96 Å². The van der Waals surface area contributed by atoms with Crippen molar-refractivity contribution in [1.29, 1.82) is 0 Å². The van der Waals surface area contributed by atoms with Crippen LogP contribution in [-0.4, -0.2) is 93.2 Å². The van der Waals surface area contributed by atoms with Gasteiger partial charge in [-0.1, -0.05) is 18.2 Å². The van der Waals surface area contributed by atoms with Crippen molar-refractivity contribution in [3.8, 4) is 0 Å². The number of aromatic nitrogens is 1. The van der Waals surface area contributed by atoms with Crippen LogP contribution in [0.25, 0.3) is 10.9 Å². The highest BCUT2D eigenvalue weighted by atomic mass is 16.5. The van der Waals surface area contributed by atoms with Gasteiger partial charge in [-0.3, -0.25) is 9.69 Å². The third-order valence-electron chi connectivity index (χ3n) is 5.61. The number of guanidine groups is 1. The number of likely N-dealkylation sites (N-methyl/N-ethyl adjacent to an activating group) is 1. The largest absolute Gasteiger partial charge is 0.379 e. The molecule has 31 heavy (non-hydrogen) atoms. The Hall–Kier alpha value is -2.58. The second-order valence-electron chi connectivity index (χ2n) is 8.14. The van der Waals surface area contributed by atoms with E-state index in [1.165, 1.54) is 22.2 Å². The molecule has 0 radical (unpaired) electrons. The normalized spacial score (nSPS) is 15.3. The van der Waals surface area contributed by atoms with Gasteiger partial charge in [-0.2, -0.15) is 0 Å². The smallest absolute Gasteiger partial charge is 0.243 e. The molecule has 1 saturated heterocycles. The fourth-order valence-corrected chi connectivity index (χ4v) is 3.76. The molecule has 1 fully saturated rings. The van der Waals surface area contributed by atoms with E-state index in [4.69, 9.17) is 4.74 Å². The number of fused-ring (bicyclic) bond motifs is 1. The van der Waals surface area contributed by atoms with Gasteiger partial charge in [0.25, 0.3) is 0 Å². The highest BCUT2D eigenvalue weighted by Gasteiger charge is 2.11. The van der Waals surface area contributed by atoms with E-state index < -0.39 is 0 Å². The first-order valence-electron chi connectivity index (χ1n) is 11.1. The van der Waals surface area contributed by atoms with Crippen LogP contribution in [0.2, 0.25) is 0 Å². The van der Waals surface area contributed by atoms with Crippen LogP contribution in [0.3, 0.4) is 0 Å². The third-order valence-corrected chi connectivity index (χ3v) is 5.61. The third kappa shape index (κ3) is 6.97. The van der Waals surface area contributed by atoms with Crippen molar-refractivity contribution in [3.05, 3.63) is 35.5 Å². The number of aryl methyl sites for hydroxylation is 1. The van der Waals surface area contributed by atoms with Gasteiger partial charge in [-0.15, -0.1) is 0 Å². The molecule has 3 N–H and O–H groups in total. The predicted molar refractivity (Wildman–Crippen MR) is 126 cm³/mol. The number of rotatable bonds is 9. The van der Waals surface area contributed by atoms with Gasteiger partial charge in [0.2, 0.25) is 5.91 Å². The van der Waals surface area contributed by atoms with E-state index >= 15 is 0 Å². The average Bonchev–Trinajstić information content (AvgIpc) is 3.10. The Morgan fingerprint density at radius 3 is 2.71 bits per heavy atom. The molecule has 0 spiro atoms. The van der Waals surface area contributed by atoms with Gasteiger partial charge in [0.05, 0.1) is 13.2 Å². The van der Waals surface area contributed by atoms with Crippen molar-refractivity contribution in [2.75, 3.05) is 66.6 Å². The fraction of sp³-hybridized carbons (Fsp3) is 0.565. The van der Waals surface area contributed by atoms with Crippen LogP contribution in [-0.2, 0) is 16.0 Å². The number of hydrogen-bond donors (Lipinski definition) is 3. The number of aliphatic imine (C=N–C) groups is 1. The molecule has 170 valence electrons. The molecule has 2 heterocycles. The number of H-pyrrole nitrogens is 1. The van der Waals surface area contributed by atoms with Crippen LogP contribution in [0, 0.1) is 6.92 Å². The number of hydrogen-bond acceptors (Lipinski definition) is 4. The molecule has 0 aliphatic carbocycles. The lowest BCUT2D eigenvalue weighted by Gasteiger charge is -2.26. The molecule has 1 amide bonds. The van der Waals surface area contributed by atoms with Gasteiger partial charge < -0.3 is 25.3 Å². The van der Waals surface area contributed by atoms with E-state index in [9.17, 15) is 4.79 Å². The number of benzene rings is 1. The van der Waals surface area contributed by atoms with Crippen LogP contribution in [0.5, 0.6) is 0 Å². The van der Waals surface area contributed by atoms with Crippen molar-refractivity contribution in [3.63, 3.8) is 0 Å². The molecule has 1 aliphatic rings. The van der Waals surface area contributed by atoms with Crippen LogP contribution in [0.1, 0.15) is 17.7 Å². The molecule has 1 aliphatic heterocycles. The lowest BCUT2D eigenvalue weighted by molar-refractivity contribution is -0.127. The van der Waals surface area contributed by atoms with Crippen molar-refractivity contribution in [1.82, 2.24) is 25.4 Å². The zero-order chi connectivity index (χ0) is 22.1. The van der Waals surface area contributed by atoms with Crippen LogP contribution >= 0.6 is 0 Å². The van der Waals surface area contributed by atoms with Crippen molar-refractivity contribution >= 4 is 22.8 Å². The number of amides is 1. The quantitative estimate of drug-likeness (QED) is 0.319. The first kappa shape index (κ1) is 23.1. The molecule has 0 unspecified atom stereocenters. The fourth-order valence-electron chi connectivity index (χ4n) is 3.76. The number of ether oxygens (including phenoxy) is 1. The predicted octanol–water partition coefficient (Wildman–Crippen LogP) is 1.36. The lowest BCUT2D eigenvalue weighted by atomic mass is 10.1. The van der Waals surface area contributed by atoms with Crippen LogP contribution in [0.15, 0.2) is 29.3 Å². The molecule has 1 aromatic carbocycles. The summed E-state index contributed by atoms with van der Waals surface area (Å²) in [7, 11) is 3.50. The zero-order valence-corrected chi connectivity index (χ0v) is 19.0. The Morgan fingerprint density at radius 2 is 1.94 bits per heavy atom. The average molecular weight is 429 g/mol. The topological polar surface area (TPSA) is 85.0 Å². The standard InChI is InChI=1S/C23H36N6O2/c1-18-19(20-7-4-5-8-21(20)27-18)9-11-25-23(26-17-22(30)28(2)3)24-10-6-12-29-13-15-31-16-14-29/h4-5,7-8,27H,6,9-17H2,1-3H3,(H2,24,25,26). The van der Waals surface area contributed by atoms with Crippen molar-refractivity contribution < 1.29 is 9.53 Å². The highest BCUT2D eigenvalue weighted by Crippen LogP contribution is 2.21. The minimum Gasteiger partial charge on any atom is -0.379 e. The molecule has 1 aromatic heterocycles. The maximum absolute atomic E-state index is 12.0. The maximum Gasteiger partial charge on any atom is 0.243 e. The second kappa shape index (κ2) is 11.7. The molecular weight excluding hydrogens is 392 g/mol. The van der Waals surface area contributed by atoms with Gasteiger partial charge in [0.15, 0.2) is 5.96 Å². The van der Waals surface area contributed by atoms with Gasteiger partial charge >= 0.3 is 0 Å². The van der Waals surface area contributed by atoms with E-state index in [-0.39, 0.29) is 12.5 Å². The summed E-state index contributed by atoms with van der Waals surface area (Å²) in [6.07, 6.45) is 1.90. The summed E-state index contributed by atoms with van der Waals surface area (Å²) in [6, 6.07) is 8.38. The lowest BCUT2D eigenvalue weighted by Crippen LogP contribution is -2.42. The van der Waals surface area contributed by atoms with E-state index in [1.807, 2.05) is 6.07 Å². The summed E-state index contributed by atoms with van der Waals surface area (Å²) >= 11 is 0. The SMILES string of the molecule is Cc1[nH]c2ccccc2c1CCNC(=NCC(=O)N(C)C)NCCCN1CCOCC1.